The first-order valence-electron chi connectivity index (χ1n) is 4.82. The van der Waals surface area contributed by atoms with Gasteiger partial charge in [0.1, 0.15) is 12.2 Å². The molecule has 3 rings (SSSR count). The monoisotopic (exact) mass is 170 g/mol. The summed E-state index contributed by atoms with van der Waals surface area (Å²) in [6.07, 6.45) is 5.18. The fraction of sp³-hybridized carbons (Fsp3) is 1.00. The van der Waals surface area contributed by atoms with Crippen LogP contribution in [0, 0.1) is 0 Å². The summed E-state index contributed by atoms with van der Waals surface area (Å²) in [4.78, 5) is 0. The van der Waals surface area contributed by atoms with Crippen LogP contribution in [-0.2, 0) is 14.2 Å². The summed E-state index contributed by atoms with van der Waals surface area (Å²) in [5.74, 6) is 0. The van der Waals surface area contributed by atoms with E-state index in [-0.39, 0.29) is 0 Å². The second-order valence-electron chi connectivity index (χ2n) is 3.89. The van der Waals surface area contributed by atoms with Gasteiger partial charge in [-0.2, -0.15) is 0 Å². The Kier molecular flexibility index (Phi) is 1.63. The van der Waals surface area contributed by atoms with Crippen molar-refractivity contribution in [1.82, 2.24) is 0 Å². The first-order chi connectivity index (χ1) is 5.93. The molecule has 0 aromatic rings. The maximum absolute atomic E-state index is 5.88. The molecule has 0 saturated carbocycles. The number of hydrogen-bond acceptors (Lipinski definition) is 3. The highest BCUT2D eigenvalue weighted by Gasteiger charge is 2.42. The zero-order valence-corrected chi connectivity index (χ0v) is 7.07. The lowest BCUT2D eigenvalue weighted by molar-refractivity contribution is -0.0710. The molecule has 0 amide bonds. The maximum atomic E-state index is 5.88. The Morgan fingerprint density at radius 1 is 0.750 bits per heavy atom. The van der Waals surface area contributed by atoms with Crippen LogP contribution in [0.1, 0.15) is 19.3 Å². The zero-order chi connectivity index (χ0) is 7.97. The lowest BCUT2D eigenvalue weighted by atomic mass is 10.0. The van der Waals surface area contributed by atoms with Crippen LogP contribution in [0.5, 0.6) is 0 Å². The van der Waals surface area contributed by atoms with Crippen molar-refractivity contribution < 1.29 is 14.2 Å². The van der Waals surface area contributed by atoms with E-state index < -0.39 is 0 Å². The zero-order valence-electron chi connectivity index (χ0n) is 7.07. The van der Waals surface area contributed by atoms with Crippen molar-refractivity contribution in [3.05, 3.63) is 0 Å². The first kappa shape index (κ1) is 7.30. The van der Waals surface area contributed by atoms with E-state index in [2.05, 4.69) is 0 Å². The van der Waals surface area contributed by atoms with Crippen molar-refractivity contribution in [3.8, 4) is 0 Å². The van der Waals surface area contributed by atoms with Gasteiger partial charge in [-0.05, 0) is 19.3 Å². The standard InChI is InChI=1S/C9H14O3/c1-2-6(8-4-10-8)12-7(3-1)9-5-11-9/h6-9H,1-5H2. The third kappa shape index (κ3) is 1.37. The molecular weight excluding hydrogens is 156 g/mol. The van der Waals surface area contributed by atoms with Crippen LogP contribution in [0.15, 0.2) is 0 Å². The fourth-order valence-electron chi connectivity index (χ4n) is 1.97. The molecule has 3 aliphatic rings. The van der Waals surface area contributed by atoms with Crippen LogP contribution in [0.3, 0.4) is 0 Å². The van der Waals surface area contributed by atoms with Crippen molar-refractivity contribution in [2.45, 2.75) is 43.7 Å². The molecule has 3 nitrogen and oxygen atoms in total. The molecule has 3 heterocycles. The second kappa shape index (κ2) is 2.69. The first-order valence-corrected chi connectivity index (χ1v) is 4.82. The summed E-state index contributed by atoms with van der Waals surface area (Å²) in [5, 5.41) is 0. The molecule has 0 aromatic heterocycles. The van der Waals surface area contributed by atoms with Crippen LogP contribution < -0.4 is 0 Å². The summed E-state index contributed by atoms with van der Waals surface area (Å²) in [5.41, 5.74) is 0. The average Bonchev–Trinajstić information content (AvgIpc) is 2.98. The van der Waals surface area contributed by atoms with Crippen molar-refractivity contribution in [2.24, 2.45) is 0 Å². The van der Waals surface area contributed by atoms with Gasteiger partial charge < -0.3 is 14.2 Å². The maximum Gasteiger partial charge on any atom is 0.107 e. The van der Waals surface area contributed by atoms with Crippen molar-refractivity contribution in [3.63, 3.8) is 0 Å². The minimum Gasteiger partial charge on any atom is -0.370 e. The second-order valence-corrected chi connectivity index (χ2v) is 3.89. The predicted molar refractivity (Wildman–Crippen MR) is 42.0 cm³/mol. The summed E-state index contributed by atoms with van der Waals surface area (Å²) in [6, 6.07) is 0. The van der Waals surface area contributed by atoms with Crippen LogP contribution in [0.2, 0.25) is 0 Å². The van der Waals surface area contributed by atoms with E-state index in [0.717, 1.165) is 13.2 Å². The van der Waals surface area contributed by atoms with Crippen LogP contribution >= 0.6 is 0 Å². The van der Waals surface area contributed by atoms with Crippen LogP contribution in [0.25, 0.3) is 0 Å². The Morgan fingerprint density at radius 3 is 1.67 bits per heavy atom. The average molecular weight is 170 g/mol. The molecule has 0 radical (unpaired) electrons. The Bertz CT molecular complexity index is 157. The van der Waals surface area contributed by atoms with Gasteiger partial charge in [-0.25, -0.2) is 0 Å². The lowest BCUT2D eigenvalue weighted by Crippen LogP contribution is -2.34. The molecule has 0 aromatic carbocycles. The molecule has 68 valence electrons. The Balaban J connectivity index is 1.58. The van der Waals surface area contributed by atoms with Gasteiger partial charge in [0.15, 0.2) is 0 Å². The highest BCUT2D eigenvalue weighted by Crippen LogP contribution is 2.32. The predicted octanol–water partition coefficient (Wildman–Crippen LogP) is 0.722. The Hall–Kier alpha value is -0.120. The molecule has 3 fully saturated rings. The van der Waals surface area contributed by atoms with E-state index in [0.29, 0.717) is 24.4 Å². The molecule has 0 aliphatic carbocycles. The van der Waals surface area contributed by atoms with Gasteiger partial charge in [-0.1, -0.05) is 0 Å². The highest BCUT2D eigenvalue weighted by molar-refractivity contribution is 4.89. The quantitative estimate of drug-likeness (QED) is 0.573. The summed E-state index contributed by atoms with van der Waals surface area (Å²) in [7, 11) is 0. The molecule has 4 atom stereocenters. The van der Waals surface area contributed by atoms with Crippen molar-refractivity contribution >= 4 is 0 Å². The molecule has 0 N–H and O–H groups in total. The molecule has 3 heteroatoms. The van der Waals surface area contributed by atoms with Crippen molar-refractivity contribution in [1.29, 1.82) is 0 Å². The van der Waals surface area contributed by atoms with Gasteiger partial charge in [0, 0.05) is 0 Å². The summed E-state index contributed by atoms with van der Waals surface area (Å²) in [6.45, 7) is 1.81. The Morgan fingerprint density at radius 2 is 1.25 bits per heavy atom. The number of hydrogen-bond donors (Lipinski definition) is 0. The van der Waals surface area contributed by atoms with Gasteiger partial charge >= 0.3 is 0 Å². The number of rotatable bonds is 2. The molecular formula is C9H14O3. The number of ether oxygens (including phenoxy) is 3. The van der Waals surface area contributed by atoms with E-state index in [9.17, 15) is 0 Å². The molecule has 3 aliphatic heterocycles. The third-order valence-electron chi connectivity index (χ3n) is 2.87. The minimum atomic E-state index is 0.368. The van der Waals surface area contributed by atoms with Gasteiger partial charge in [0.25, 0.3) is 0 Å². The van der Waals surface area contributed by atoms with Gasteiger partial charge in [-0.3, -0.25) is 0 Å². The third-order valence-corrected chi connectivity index (χ3v) is 2.87. The summed E-state index contributed by atoms with van der Waals surface area (Å²) < 4.78 is 16.3. The summed E-state index contributed by atoms with van der Waals surface area (Å²) >= 11 is 0. The van der Waals surface area contributed by atoms with Gasteiger partial charge in [-0.15, -0.1) is 0 Å². The Labute approximate surface area is 72.0 Å². The van der Waals surface area contributed by atoms with Crippen LogP contribution in [0.4, 0.5) is 0 Å². The van der Waals surface area contributed by atoms with Gasteiger partial charge in [0.2, 0.25) is 0 Å². The van der Waals surface area contributed by atoms with E-state index in [1.807, 2.05) is 0 Å². The van der Waals surface area contributed by atoms with Crippen molar-refractivity contribution in [2.75, 3.05) is 13.2 Å². The van der Waals surface area contributed by atoms with E-state index >= 15 is 0 Å². The molecule has 12 heavy (non-hydrogen) atoms. The van der Waals surface area contributed by atoms with E-state index in [4.69, 9.17) is 14.2 Å². The number of epoxide rings is 2. The smallest absolute Gasteiger partial charge is 0.107 e. The minimum absolute atomic E-state index is 0.368. The SMILES string of the molecule is C1CC(C2CO2)OC(C2CO2)C1. The fourth-order valence-corrected chi connectivity index (χ4v) is 1.97. The largest absolute Gasteiger partial charge is 0.370 e. The normalized spacial score (nSPS) is 52.0. The highest BCUT2D eigenvalue weighted by atomic mass is 16.6. The molecule has 3 saturated heterocycles. The molecule has 0 bridgehead atoms. The van der Waals surface area contributed by atoms with E-state index in [1.54, 1.807) is 0 Å². The van der Waals surface area contributed by atoms with E-state index in [1.165, 1.54) is 19.3 Å². The van der Waals surface area contributed by atoms with Gasteiger partial charge in [0.05, 0.1) is 25.4 Å². The van der Waals surface area contributed by atoms with Crippen LogP contribution in [-0.4, -0.2) is 37.6 Å². The lowest BCUT2D eigenvalue weighted by Gasteiger charge is -2.28. The molecule has 0 spiro atoms. The topological polar surface area (TPSA) is 34.3 Å². The molecule has 4 unspecified atom stereocenters.